The smallest absolute Gasteiger partial charge is 0.311 e. The molecule has 0 fully saturated rings. The van der Waals surface area contributed by atoms with Gasteiger partial charge in [0.2, 0.25) is 5.88 Å². The van der Waals surface area contributed by atoms with Gasteiger partial charge in [-0.25, -0.2) is 18.2 Å². The van der Waals surface area contributed by atoms with Crippen molar-refractivity contribution >= 4 is 5.97 Å². The van der Waals surface area contributed by atoms with Crippen molar-refractivity contribution in [3.63, 3.8) is 0 Å². The first-order valence-corrected chi connectivity index (χ1v) is 13.3. The fourth-order valence-corrected chi connectivity index (χ4v) is 6.15. The second-order valence-electron chi connectivity index (χ2n) is 11.6. The van der Waals surface area contributed by atoms with E-state index in [2.05, 4.69) is 4.98 Å². The minimum atomic E-state index is -1.08. The van der Waals surface area contributed by atoms with Gasteiger partial charge < -0.3 is 19.3 Å². The molecule has 0 saturated carbocycles. The van der Waals surface area contributed by atoms with Crippen LogP contribution >= 0.6 is 0 Å². The van der Waals surface area contributed by atoms with Gasteiger partial charge in [0, 0.05) is 35.8 Å². The number of hydrogen-bond acceptors (Lipinski definition) is 5. The highest BCUT2D eigenvalue weighted by molar-refractivity contribution is 5.79. The van der Waals surface area contributed by atoms with Crippen LogP contribution in [0, 0.1) is 28.8 Å². The van der Waals surface area contributed by atoms with Crippen LogP contribution in [0.1, 0.15) is 55.5 Å². The first-order chi connectivity index (χ1) is 19.4. The van der Waals surface area contributed by atoms with Crippen LogP contribution in [0.3, 0.4) is 0 Å². The number of carboxylic acids is 1. The molecule has 1 N–H and O–H groups in total. The third kappa shape index (κ3) is 4.86. The lowest BCUT2D eigenvalue weighted by Gasteiger charge is -2.39. The summed E-state index contributed by atoms with van der Waals surface area (Å²) in [6.45, 7) is 5.87. The van der Waals surface area contributed by atoms with Crippen molar-refractivity contribution in [3.05, 3.63) is 88.4 Å². The standard InChI is InChI=1S/C32H32F3NO5/c1-31(2,3)29(40-5)21-12-17(6-7-18(21)20-13-26(39-4)36-15-24(20)34)16-41-25-14-23(33)19-8-10-32(27(19)28(25)35)11-9-22(32)30(37)38/h6-7,9,11-15,22,29H,8,10,16H2,1-5H3,(H,37,38)/t22-,29+,32+/m1/s1. The van der Waals surface area contributed by atoms with Crippen LogP contribution in [-0.2, 0) is 28.0 Å². The molecule has 2 aliphatic rings. The number of benzene rings is 2. The zero-order valence-electron chi connectivity index (χ0n) is 23.6. The highest BCUT2D eigenvalue weighted by Crippen LogP contribution is 2.54. The maximum absolute atomic E-state index is 15.8. The zero-order valence-corrected chi connectivity index (χ0v) is 23.6. The molecule has 1 heterocycles. The lowest BCUT2D eigenvalue weighted by molar-refractivity contribution is -0.142. The minimum Gasteiger partial charge on any atom is -0.486 e. The molecule has 6 nitrogen and oxygen atoms in total. The predicted octanol–water partition coefficient (Wildman–Crippen LogP) is 6.94. The SMILES string of the molecule is COc1cc(-c2ccc(COc3cc(F)c4c(c3F)[C@]3(C=C[C@@H]3C(=O)O)CC4)cc2[C@H](OC)C(C)(C)C)c(F)cn1. The van der Waals surface area contributed by atoms with Crippen molar-refractivity contribution in [1.29, 1.82) is 0 Å². The number of nitrogens with zero attached hydrogens (tertiary/aromatic N) is 1. The minimum absolute atomic E-state index is 0.0627. The number of aromatic nitrogens is 1. The number of halogens is 3. The highest BCUT2D eigenvalue weighted by Gasteiger charge is 2.53. The molecule has 41 heavy (non-hydrogen) atoms. The summed E-state index contributed by atoms with van der Waals surface area (Å²) in [4.78, 5) is 15.7. The average Bonchev–Trinajstić information content (AvgIpc) is 3.33. The van der Waals surface area contributed by atoms with Crippen molar-refractivity contribution in [3.8, 4) is 22.8 Å². The van der Waals surface area contributed by atoms with Crippen LogP contribution in [-0.4, -0.2) is 30.3 Å². The van der Waals surface area contributed by atoms with Crippen molar-refractivity contribution in [2.75, 3.05) is 14.2 Å². The summed E-state index contributed by atoms with van der Waals surface area (Å²) in [6, 6.07) is 7.79. The van der Waals surface area contributed by atoms with Gasteiger partial charge in [-0.05, 0) is 46.6 Å². The lowest BCUT2D eigenvalue weighted by atomic mass is 9.63. The first kappa shape index (κ1) is 28.7. The van der Waals surface area contributed by atoms with Gasteiger partial charge in [0.05, 0.1) is 25.3 Å². The predicted molar refractivity (Wildman–Crippen MR) is 146 cm³/mol. The number of hydrogen-bond donors (Lipinski definition) is 1. The topological polar surface area (TPSA) is 77.9 Å². The van der Waals surface area contributed by atoms with E-state index in [4.69, 9.17) is 14.2 Å². The van der Waals surface area contributed by atoms with Gasteiger partial charge in [0.15, 0.2) is 11.6 Å². The Bertz CT molecular complexity index is 1550. The van der Waals surface area contributed by atoms with E-state index in [1.165, 1.54) is 19.3 Å². The Kier molecular flexibility index (Phi) is 7.36. The number of allylic oxidation sites excluding steroid dienone is 1. The maximum Gasteiger partial charge on any atom is 0.311 e. The van der Waals surface area contributed by atoms with Gasteiger partial charge in [-0.1, -0.05) is 45.1 Å². The van der Waals surface area contributed by atoms with Crippen molar-refractivity contribution in [2.24, 2.45) is 11.3 Å². The molecule has 0 radical (unpaired) electrons. The van der Waals surface area contributed by atoms with Crippen LogP contribution < -0.4 is 9.47 Å². The number of carbonyl (C=O) groups is 1. The first-order valence-electron chi connectivity index (χ1n) is 13.3. The molecule has 3 aromatic rings. The Hall–Kier alpha value is -3.85. The Morgan fingerprint density at radius 2 is 1.88 bits per heavy atom. The fourth-order valence-electron chi connectivity index (χ4n) is 6.15. The highest BCUT2D eigenvalue weighted by atomic mass is 19.1. The van der Waals surface area contributed by atoms with E-state index < -0.39 is 40.9 Å². The Balaban J connectivity index is 1.52. The summed E-state index contributed by atoms with van der Waals surface area (Å²) in [7, 11) is 3.02. The molecule has 2 aliphatic carbocycles. The normalized spacial score (nSPS) is 20.0. The molecule has 1 spiro atoms. The van der Waals surface area contributed by atoms with Crippen molar-refractivity contribution in [2.45, 2.75) is 51.7 Å². The summed E-state index contributed by atoms with van der Waals surface area (Å²) in [5.41, 5.74) is 0.958. The van der Waals surface area contributed by atoms with Crippen molar-refractivity contribution in [1.82, 2.24) is 4.98 Å². The second kappa shape index (κ2) is 10.5. The summed E-state index contributed by atoms with van der Waals surface area (Å²) in [5, 5.41) is 9.62. The van der Waals surface area contributed by atoms with E-state index in [-0.39, 0.29) is 46.8 Å². The van der Waals surface area contributed by atoms with Crippen LogP contribution in [0.4, 0.5) is 13.2 Å². The monoisotopic (exact) mass is 567 g/mol. The molecule has 0 saturated heterocycles. The van der Waals surface area contributed by atoms with E-state index in [0.29, 0.717) is 23.1 Å². The Morgan fingerprint density at radius 3 is 2.49 bits per heavy atom. The molecule has 5 rings (SSSR count). The largest absolute Gasteiger partial charge is 0.486 e. The number of methoxy groups -OCH3 is 2. The van der Waals surface area contributed by atoms with Gasteiger partial charge >= 0.3 is 5.97 Å². The second-order valence-corrected chi connectivity index (χ2v) is 11.6. The number of aliphatic carboxylic acids is 1. The molecule has 0 amide bonds. The number of carboxylic acid groups (broad SMARTS) is 1. The van der Waals surface area contributed by atoms with E-state index in [9.17, 15) is 14.3 Å². The third-order valence-electron chi connectivity index (χ3n) is 8.09. The van der Waals surface area contributed by atoms with Gasteiger partial charge in [-0.2, -0.15) is 0 Å². The van der Waals surface area contributed by atoms with Crippen LogP contribution in [0.5, 0.6) is 11.6 Å². The van der Waals surface area contributed by atoms with Crippen molar-refractivity contribution < 1.29 is 37.3 Å². The summed E-state index contributed by atoms with van der Waals surface area (Å²) in [6.07, 6.45) is 4.37. The fraction of sp³-hybridized carbons (Fsp3) is 0.375. The third-order valence-corrected chi connectivity index (χ3v) is 8.09. The number of ether oxygens (including phenoxy) is 3. The molecule has 0 aliphatic heterocycles. The Labute approximate surface area is 236 Å². The average molecular weight is 568 g/mol. The molecular weight excluding hydrogens is 535 g/mol. The molecule has 0 bridgehead atoms. The summed E-state index contributed by atoms with van der Waals surface area (Å²) < 4.78 is 62.8. The molecule has 2 aromatic carbocycles. The molecule has 9 heteroatoms. The molecular formula is C32H32F3NO5. The molecule has 216 valence electrons. The lowest BCUT2D eigenvalue weighted by Crippen LogP contribution is -2.42. The number of fused-ring (bicyclic) bond motifs is 2. The Morgan fingerprint density at radius 1 is 1.12 bits per heavy atom. The summed E-state index contributed by atoms with van der Waals surface area (Å²) in [5.74, 6) is -3.93. The number of pyridine rings is 1. The van der Waals surface area contributed by atoms with Gasteiger partial charge in [0.25, 0.3) is 0 Å². The van der Waals surface area contributed by atoms with Crippen LogP contribution in [0.2, 0.25) is 0 Å². The van der Waals surface area contributed by atoms with E-state index >= 15 is 8.78 Å². The molecule has 0 unspecified atom stereocenters. The van der Waals surface area contributed by atoms with Crippen LogP contribution in [0.15, 0.2) is 48.7 Å². The molecule has 3 atom stereocenters. The van der Waals surface area contributed by atoms with Gasteiger partial charge in [0.1, 0.15) is 18.2 Å². The van der Waals surface area contributed by atoms with Crippen LogP contribution in [0.25, 0.3) is 11.1 Å². The van der Waals surface area contributed by atoms with Gasteiger partial charge in [-0.3, -0.25) is 4.79 Å². The quantitative estimate of drug-likeness (QED) is 0.297. The zero-order chi connectivity index (χ0) is 29.7. The van der Waals surface area contributed by atoms with E-state index in [1.807, 2.05) is 20.8 Å². The van der Waals surface area contributed by atoms with E-state index in [0.717, 1.165) is 12.3 Å². The van der Waals surface area contributed by atoms with E-state index in [1.54, 1.807) is 31.4 Å². The number of rotatable bonds is 8. The van der Waals surface area contributed by atoms with Gasteiger partial charge in [-0.15, -0.1) is 0 Å². The summed E-state index contributed by atoms with van der Waals surface area (Å²) >= 11 is 0. The maximum atomic E-state index is 15.8. The molecule has 1 aromatic heterocycles.